The molecule has 4 heteroatoms. The molecule has 0 spiro atoms. The van der Waals surface area contributed by atoms with Crippen molar-refractivity contribution >= 4 is 34.6 Å². The van der Waals surface area contributed by atoms with Crippen molar-refractivity contribution in [2.24, 2.45) is 0 Å². The molecule has 0 aromatic heterocycles. The zero-order valence-corrected chi connectivity index (χ0v) is 18.0. The van der Waals surface area contributed by atoms with Crippen molar-refractivity contribution in [3.63, 3.8) is 0 Å². The van der Waals surface area contributed by atoms with E-state index in [4.69, 9.17) is 9.47 Å². The molecule has 4 aromatic carbocycles. The highest BCUT2D eigenvalue weighted by atomic mass is 16.5. The number of benzene rings is 4. The highest BCUT2D eigenvalue weighted by molar-refractivity contribution is 6.25. The summed E-state index contributed by atoms with van der Waals surface area (Å²) in [7, 11) is 0. The van der Waals surface area contributed by atoms with E-state index in [1.165, 1.54) is 0 Å². The van der Waals surface area contributed by atoms with Crippen LogP contribution in [0.5, 0.6) is 0 Å². The van der Waals surface area contributed by atoms with E-state index < -0.39 is 11.9 Å². The molecular formula is C30H18O4. The van der Waals surface area contributed by atoms with E-state index in [0.29, 0.717) is 44.9 Å². The number of hydrogen-bond acceptors (Lipinski definition) is 4. The summed E-state index contributed by atoms with van der Waals surface area (Å²) < 4.78 is 11.8. The van der Waals surface area contributed by atoms with Gasteiger partial charge in [0.05, 0.1) is 11.1 Å². The second-order valence-electron chi connectivity index (χ2n) is 8.01. The number of carbonyl (C=O) groups is 2. The van der Waals surface area contributed by atoms with Crippen LogP contribution in [0.15, 0.2) is 109 Å². The summed E-state index contributed by atoms with van der Waals surface area (Å²) in [4.78, 5) is 25.6. The van der Waals surface area contributed by atoms with Crippen LogP contribution >= 0.6 is 0 Å². The minimum Gasteiger partial charge on any atom is -0.422 e. The van der Waals surface area contributed by atoms with Gasteiger partial charge in [-0.05, 0) is 23.3 Å². The third-order valence-corrected chi connectivity index (χ3v) is 6.00. The molecule has 0 bridgehead atoms. The summed E-state index contributed by atoms with van der Waals surface area (Å²) in [6, 6.07) is 34.1. The van der Waals surface area contributed by atoms with Crippen LogP contribution in [-0.2, 0) is 9.47 Å². The van der Waals surface area contributed by atoms with Crippen LogP contribution in [0.4, 0.5) is 0 Å². The Balaban J connectivity index is 1.75. The molecule has 2 heterocycles. The van der Waals surface area contributed by atoms with Crippen molar-refractivity contribution in [1.82, 2.24) is 0 Å². The Hall–Kier alpha value is -4.70. The maximum Gasteiger partial charge on any atom is 0.344 e. The van der Waals surface area contributed by atoms with Crippen LogP contribution in [0.2, 0.25) is 0 Å². The molecule has 2 aliphatic heterocycles. The van der Waals surface area contributed by atoms with Gasteiger partial charge in [0.2, 0.25) is 0 Å². The summed E-state index contributed by atoms with van der Waals surface area (Å²) in [5, 5.41) is 0. The van der Waals surface area contributed by atoms with Gasteiger partial charge in [-0.15, -0.1) is 0 Å². The molecule has 0 atom stereocenters. The third kappa shape index (κ3) is 3.16. The first-order valence-corrected chi connectivity index (χ1v) is 11.0. The lowest BCUT2D eigenvalue weighted by Gasteiger charge is -2.18. The molecule has 6 rings (SSSR count). The molecule has 0 saturated heterocycles. The van der Waals surface area contributed by atoms with Gasteiger partial charge in [-0.25, -0.2) is 9.59 Å². The Morgan fingerprint density at radius 3 is 1.12 bits per heavy atom. The zero-order chi connectivity index (χ0) is 23.1. The molecule has 4 aromatic rings. The van der Waals surface area contributed by atoms with E-state index in [2.05, 4.69) is 0 Å². The monoisotopic (exact) mass is 442 g/mol. The summed E-state index contributed by atoms with van der Waals surface area (Å²) in [6.45, 7) is 0. The molecule has 0 unspecified atom stereocenters. The lowest BCUT2D eigenvalue weighted by molar-refractivity contribution is 0.0705. The van der Waals surface area contributed by atoms with E-state index in [9.17, 15) is 9.59 Å². The average Bonchev–Trinajstić information content (AvgIpc) is 3.40. The number of fused-ring (bicyclic) bond motifs is 2. The smallest absolute Gasteiger partial charge is 0.344 e. The average molecular weight is 442 g/mol. The first kappa shape index (κ1) is 19.9. The lowest BCUT2D eigenvalue weighted by Crippen LogP contribution is -2.01. The van der Waals surface area contributed by atoms with Gasteiger partial charge in [0.25, 0.3) is 0 Å². The maximum atomic E-state index is 12.8. The molecule has 0 N–H and O–H groups in total. The minimum absolute atomic E-state index is 0.403. The van der Waals surface area contributed by atoms with Gasteiger partial charge in [0.1, 0.15) is 11.5 Å². The fourth-order valence-electron chi connectivity index (χ4n) is 4.48. The highest BCUT2D eigenvalue weighted by Gasteiger charge is 2.35. The van der Waals surface area contributed by atoms with Crippen molar-refractivity contribution in [3.05, 3.63) is 143 Å². The molecule has 34 heavy (non-hydrogen) atoms. The van der Waals surface area contributed by atoms with Crippen molar-refractivity contribution in [1.29, 1.82) is 0 Å². The van der Waals surface area contributed by atoms with E-state index >= 15 is 0 Å². The van der Waals surface area contributed by atoms with Gasteiger partial charge < -0.3 is 9.47 Å². The predicted molar refractivity (Wildman–Crippen MR) is 130 cm³/mol. The molecule has 2 aliphatic rings. The van der Waals surface area contributed by atoms with E-state index in [1.807, 2.05) is 97.1 Å². The molecule has 0 fully saturated rings. The standard InChI is InChI=1S/C30H18O4/c31-29-23-17-9-7-15-21(23)27(33-29)25(19-11-3-1-4-12-19)26(20-13-5-2-6-14-20)28-22-16-8-10-18-24(22)30(32)34-28/h1-18H/b27-25-,28-26-. The lowest BCUT2D eigenvalue weighted by atomic mass is 9.87. The molecule has 0 saturated carbocycles. The van der Waals surface area contributed by atoms with Gasteiger partial charge in [-0.1, -0.05) is 97.1 Å². The molecule has 0 amide bonds. The van der Waals surface area contributed by atoms with Crippen molar-refractivity contribution in [2.75, 3.05) is 0 Å². The molecule has 162 valence electrons. The van der Waals surface area contributed by atoms with Crippen LogP contribution in [0.25, 0.3) is 22.7 Å². The largest absolute Gasteiger partial charge is 0.422 e. The zero-order valence-electron chi connectivity index (χ0n) is 18.0. The number of esters is 2. The normalized spacial score (nSPS) is 16.9. The summed E-state index contributed by atoms with van der Waals surface area (Å²) in [6.07, 6.45) is 0. The Morgan fingerprint density at radius 1 is 0.412 bits per heavy atom. The van der Waals surface area contributed by atoms with Gasteiger partial charge in [0.15, 0.2) is 0 Å². The SMILES string of the molecule is O=C1O/C(=C(\C(=C2/OC(=O)c3ccccc32)c2ccccc2)c2ccccc2)c2ccccc21. The Labute approximate surface area is 196 Å². The van der Waals surface area contributed by atoms with Crippen LogP contribution in [0.1, 0.15) is 43.0 Å². The number of carbonyl (C=O) groups excluding carboxylic acids is 2. The van der Waals surface area contributed by atoms with Crippen LogP contribution < -0.4 is 0 Å². The second kappa shape index (κ2) is 8.01. The molecule has 0 radical (unpaired) electrons. The van der Waals surface area contributed by atoms with E-state index in [1.54, 1.807) is 12.1 Å². The predicted octanol–water partition coefficient (Wildman–Crippen LogP) is 6.46. The number of cyclic esters (lactones) is 2. The third-order valence-electron chi connectivity index (χ3n) is 6.00. The molecule has 4 nitrogen and oxygen atoms in total. The number of ether oxygens (including phenoxy) is 2. The van der Waals surface area contributed by atoms with Gasteiger partial charge in [0, 0.05) is 22.3 Å². The minimum atomic E-state index is -0.403. The number of allylic oxidation sites excluding steroid dienone is 2. The van der Waals surface area contributed by atoms with Crippen LogP contribution in [-0.4, -0.2) is 11.9 Å². The summed E-state index contributed by atoms with van der Waals surface area (Å²) in [5.74, 6) is 0.0812. The van der Waals surface area contributed by atoms with Gasteiger partial charge in [-0.3, -0.25) is 0 Å². The van der Waals surface area contributed by atoms with E-state index in [-0.39, 0.29) is 0 Å². The number of hydrogen-bond donors (Lipinski definition) is 0. The first-order valence-electron chi connectivity index (χ1n) is 11.0. The van der Waals surface area contributed by atoms with Crippen molar-refractivity contribution in [3.8, 4) is 0 Å². The van der Waals surface area contributed by atoms with Crippen LogP contribution in [0, 0.1) is 0 Å². The molecule has 0 aliphatic carbocycles. The Bertz CT molecular complexity index is 1390. The Morgan fingerprint density at radius 2 is 0.735 bits per heavy atom. The fourth-order valence-corrected chi connectivity index (χ4v) is 4.48. The quantitative estimate of drug-likeness (QED) is 0.342. The second-order valence-corrected chi connectivity index (χ2v) is 8.01. The first-order chi connectivity index (χ1) is 16.7. The van der Waals surface area contributed by atoms with Gasteiger partial charge >= 0.3 is 11.9 Å². The summed E-state index contributed by atoms with van der Waals surface area (Å²) in [5.41, 5.74) is 5.48. The maximum absolute atomic E-state index is 12.8. The van der Waals surface area contributed by atoms with Crippen molar-refractivity contribution < 1.29 is 19.1 Å². The van der Waals surface area contributed by atoms with Crippen molar-refractivity contribution in [2.45, 2.75) is 0 Å². The Kier molecular flexibility index (Phi) is 4.70. The van der Waals surface area contributed by atoms with Crippen LogP contribution in [0.3, 0.4) is 0 Å². The summed E-state index contributed by atoms with van der Waals surface area (Å²) >= 11 is 0. The highest BCUT2D eigenvalue weighted by Crippen LogP contribution is 2.47. The van der Waals surface area contributed by atoms with E-state index in [0.717, 1.165) is 11.1 Å². The topological polar surface area (TPSA) is 52.6 Å². The fraction of sp³-hybridized carbons (Fsp3) is 0. The number of rotatable bonds is 3. The van der Waals surface area contributed by atoms with Gasteiger partial charge in [-0.2, -0.15) is 0 Å². The molecular weight excluding hydrogens is 424 g/mol.